The van der Waals surface area contributed by atoms with Crippen molar-refractivity contribution in [2.45, 2.75) is 27.7 Å². The van der Waals surface area contributed by atoms with Crippen molar-refractivity contribution in [3.8, 4) is 0 Å². The third-order valence-electron chi connectivity index (χ3n) is 3.21. The molecule has 2 saturated heterocycles. The molecule has 2 aliphatic rings. The Morgan fingerprint density at radius 1 is 0.789 bits per heavy atom. The van der Waals surface area contributed by atoms with Gasteiger partial charge in [-0.3, -0.25) is 0 Å². The number of hydrogen-bond donors (Lipinski definition) is 0. The van der Waals surface area contributed by atoms with Crippen LogP contribution in [-0.4, -0.2) is 50.7 Å². The molecule has 2 aliphatic heterocycles. The van der Waals surface area contributed by atoms with Crippen molar-refractivity contribution in [3.05, 3.63) is 0 Å². The zero-order chi connectivity index (χ0) is 14.0. The van der Waals surface area contributed by atoms with Crippen LogP contribution in [-0.2, 0) is 18.1 Å². The topological polar surface area (TPSA) is 40.2 Å². The van der Waals surface area contributed by atoms with Gasteiger partial charge in [0.1, 0.15) is 0 Å². The molecule has 0 bridgehead atoms. The number of nitrogens with zero attached hydrogens (tertiary/aromatic N) is 1. The number of hydrogen-bond acceptors (Lipinski definition) is 5. The fourth-order valence-corrected chi connectivity index (χ4v) is 6.16. The maximum absolute atomic E-state index is 5.90. The first-order valence-electron chi connectivity index (χ1n) is 7.28. The van der Waals surface area contributed by atoms with Crippen LogP contribution in [0.4, 0.5) is 0 Å². The van der Waals surface area contributed by atoms with Gasteiger partial charge in [0.05, 0.1) is 0 Å². The van der Waals surface area contributed by atoms with Gasteiger partial charge in [-0.2, -0.15) is 0 Å². The van der Waals surface area contributed by atoms with E-state index in [4.69, 9.17) is 18.1 Å². The summed E-state index contributed by atoms with van der Waals surface area (Å²) >= 11 is 0. The van der Waals surface area contributed by atoms with Crippen molar-refractivity contribution >= 4 is 7.51 Å². The molecule has 0 aromatic rings. The molecule has 114 valence electrons. The molecule has 0 radical (unpaired) electrons. The monoisotopic (exact) mass is 293 g/mol. The summed E-state index contributed by atoms with van der Waals surface area (Å²) in [5, 5.41) is 0. The van der Waals surface area contributed by atoms with Crippen molar-refractivity contribution in [1.29, 1.82) is 0 Å². The van der Waals surface area contributed by atoms with E-state index in [-0.39, 0.29) is 0 Å². The van der Waals surface area contributed by atoms with Gasteiger partial charge in [0.2, 0.25) is 0 Å². The summed E-state index contributed by atoms with van der Waals surface area (Å²) in [5.74, 6) is 1.20. The minimum atomic E-state index is -3.27. The van der Waals surface area contributed by atoms with Gasteiger partial charge in [-0.1, -0.05) is 0 Å². The first-order valence-corrected chi connectivity index (χ1v) is 9.37. The summed E-state index contributed by atoms with van der Waals surface area (Å²) in [5.41, 5.74) is 0. The normalized spacial score (nSPS) is 27.4. The Bertz CT molecular complexity index is 266. The molecule has 2 fully saturated rings. The molecule has 0 aromatic heterocycles. The van der Waals surface area contributed by atoms with Crippen LogP contribution in [0.5, 0.6) is 0 Å². The average molecular weight is 293 g/mol. The molecular formula is C13H28NO4P. The van der Waals surface area contributed by atoms with E-state index in [0.717, 1.165) is 13.1 Å². The van der Waals surface area contributed by atoms with Gasteiger partial charge in [0, 0.05) is 0 Å². The molecule has 0 amide bonds. The van der Waals surface area contributed by atoms with Crippen molar-refractivity contribution in [1.82, 2.24) is 4.90 Å². The summed E-state index contributed by atoms with van der Waals surface area (Å²) in [7, 11) is -3.27. The first-order chi connectivity index (χ1) is 8.93. The van der Waals surface area contributed by atoms with Crippen molar-refractivity contribution < 1.29 is 18.1 Å². The summed E-state index contributed by atoms with van der Waals surface area (Å²) in [4.78, 5) is 2.38. The van der Waals surface area contributed by atoms with Gasteiger partial charge >= 0.3 is 116 Å². The zero-order valence-corrected chi connectivity index (χ0v) is 13.5. The van der Waals surface area contributed by atoms with Crippen LogP contribution < -0.4 is 0 Å². The maximum atomic E-state index is 5.90. The Labute approximate surface area is 116 Å². The van der Waals surface area contributed by atoms with Crippen LogP contribution in [0.3, 0.4) is 0 Å². The predicted octanol–water partition coefficient (Wildman–Crippen LogP) is 2.86. The van der Waals surface area contributed by atoms with Gasteiger partial charge in [0.15, 0.2) is 0 Å². The Morgan fingerprint density at radius 3 is 1.47 bits per heavy atom. The zero-order valence-electron chi connectivity index (χ0n) is 12.6. The molecule has 5 nitrogen and oxygen atoms in total. The second kappa shape index (κ2) is 5.92. The van der Waals surface area contributed by atoms with Crippen LogP contribution >= 0.6 is 7.51 Å². The van der Waals surface area contributed by atoms with E-state index < -0.39 is 7.51 Å². The second-order valence-electron chi connectivity index (χ2n) is 6.26. The summed E-state index contributed by atoms with van der Waals surface area (Å²) in [6, 6.07) is 0. The quantitative estimate of drug-likeness (QED) is 0.704. The van der Waals surface area contributed by atoms with Gasteiger partial charge in [-0.05, 0) is 0 Å². The molecule has 2 heterocycles. The predicted molar refractivity (Wildman–Crippen MR) is 76.8 cm³/mol. The standard InChI is InChI=1S/C13H28NO4P/c1-12(2)9-14(10-13(3)4)11-19(15-5-6-16-19)17-7-8-18-19/h12-13H,5-11H2,1-4H3. The molecule has 6 heteroatoms. The Balaban J connectivity index is 2.09. The average Bonchev–Trinajstić information content (AvgIpc) is 2.87. The Hall–Kier alpha value is 0.230. The van der Waals surface area contributed by atoms with Crippen molar-refractivity contribution in [2.75, 3.05) is 45.8 Å². The van der Waals surface area contributed by atoms with E-state index in [9.17, 15) is 0 Å². The SMILES string of the molecule is CC(C)CN(CC(C)C)CP12(OCCO1)OCCO2. The summed E-state index contributed by atoms with van der Waals surface area (Å²) < 4.78 is 23.6. The van der Waals surface area contributed by atoms with Crippen molar-refractivity contribution in [2.24, 2.45) is 11.8 Å². The second-order valence-corrected chi connectivity index (χ2v) is 9.50. The summed E-state index contributed by atoms with van der Waals surface area (Å²) in [6.07, 6.45) is 0.641. The molecule has 0 atom stereocenters. The molecule has 0 N–H and O–H groups in total. The van der Waals surface area contributed by atoms with Gasteiger partial charge in [0.25, 0.3) is 0 Å². The third kappa shape index (κ3) is 3.66. The molecule has 19 heavy (non-hydrogen) atoms. The fourth-order valence-electron chi connectivity index (χ4n) is 2.79. The molecule has 0 aromatic carbocycles. The fraction of sp³-hybridized carbons (Fsp3) is 1.00. The van der Waals surface area contributed by atoms with E-state index in [2.05, 4.69) is 32.6 Å². The van der Waals surface area contributed by atoms with Gasteiger partial charge in [-0.15, -0.1) is 0 Å². The van der Waals surface area contributed by atoms with Gasteiger partial charge in [-0.25, -0.2) is 0 Å². The molecule has 0 aliphatic carbocycles. The van der Waals surface area contributed by atoms with E-state index in [1.807, 2.05) is 0 Å². The Kier molecular flexibility index (Phi) is 4.87. The molecule has 0 saturated carbocycles. The molecule has 0 unspecified atom stereocenters. The van der Waals surface area contributed by atoms with Crippen LogP contribution in [0.2, 0.25) is 0 Å². The van der Waals surface area contributed by atoms with Crippen LogP contribution in [0.25, 0.3) is 0 Å². The molecular weight excluding hydrogens is 265 g/mol. The van der Waals surface area contributed by atoms with Crippen LogP contribution in [0.1, 0.15) is 27.7 Å². The van der Waals surface area contributed by atoms with Crippen LogP contribution in [0, 0.1) is 11.8 Å². The van der Waals surface area contributed by atoms with E-state index in [1.165, 1.54) is 0 Å². The first kappa shape index (κ1) is 15.6. The molecule has 2 rings (SSSR count). The molecule has 1 spiro atoms. The number of rotatable bonds is 6. The van der Waals surface area contributed by atoms with E-state index >= 15 is 0 Å². The van der Waals surface area contributed by atoms with Crippen LogP contribution in [0.15, 0.2) is 0 Å². The van der Waals surface area contributed by atoms with Crippen molar-refractivity contribution in [3.63, 3.8) is 0 Å². The summed E-state index contributed by atoms with van der Waals surface area (Å²) in [6.45, 7) is 13.2. The minimum absolute atomic E-state index is 0.578. The Morgan fingerprint density at radius 2 is 1.16 bits per heavy atom. The van der Waals surface area contributed by atoms with E-state index in [1.54, 1.807) is 0 Å². The van der Waals surface area contributed by atoms with E-state index in [0.29, 0.717) is 44.5 Å². The third-order valence-corrected chi connectivity index (χ3v) is 6.79. The van der Waals surface area contributed by atoms with Gasteiger partial charge < -0.3 is 0 Å².